The minimum atomic E-state index is -1.24. The molecule has 2 aromatic rings. The van der Waals surface area contributed by atoms with Crippen molar-refractivity contribution in [2.75, 3.05) is 11.7 Å². The van der Waals surface area contributed by atoms with Crippen LogP contribution in [0.15, 0.2) is 48.5 Å². The molecule has 0 unspecified atom stereocenters. The van der Waals surface area contributed by atoms with Gasteiger partial charge in [-0.1, -0.05) is 24.3 Å². The van der Waals surface area contributed by atoms with Gasteiger partial charge < -0.3 is 24.3 Å². The van der Waals surface area contributed by atoms with E-state index in [1.807, 2.05) is 12.1 Å². The number of amides is 1. The number of anilines is 1. The number of ether oxygens (including phenoxy) is 2. The van der Waals surface area contributed by atoms with Gasteiger partial charge in [-0.3, -0.25) is 0 Å². The van der Waals surface area contributed by atoms with Gasteiger partial charge in [0.25, 0.3) is 0 Å². The Kier molecular flexibility index (Phi) is 3.16. The van der Waals surface area contributed by atoms with Gasteiger partial charge in [0.2, 0.25) is 6.79 Å². The van der Waals surface area contributed by atoms with Crippen LogP contribution in [0.5, 0.6) is 11.5 Å². The van der Waals surface area contributed by atoms with E-state index in [0.29, 0.717) is 17.2 Å². The molecule has 0 N–H and O–H groups in total. The lowest BCUT2D eigenvalue weighted by Gasteiger charge is -2.25. The number of hydrogen-bond acceptors (Lipinski definition) is 4. The van der Waals surface area contributed by atoms with E-state index in [-0.39, 0.29) is 13.3 Å². The number of benzene rings is 2. The van der Waals surface area contributed by atoms with Gasteiger partial charge in [0.05, 0.1) is 0 Å². The second kappa shape index (κ2) is 5.13. The molecule has 5 nitrogen and oxygen atoms in total. The number of carboxylic acid groups (broad SMARTS) is 1. The van der Waals surface area contributed by atoms with E-state index in [9.17, 15) is 9.90 Å². The Balaban J connectivity index is 1.86. The zero-order valence-electron chi connectivity index (χ0n) is 10.6. The molecule has 0 radical (unpaired) electrons. The minimum absolute atomic E-state index is 0.196. The first-order valence-corrected chi connectivity index (χ1v) is 6.16. The Morgan fingerprint density at radius 3 is 2.60 bits per heavy atom. The molecular weight excluding hydrogens is 258 g/mol. The summed E-state index contributed by atoms with van der Waals surface area (Å²) < 4.78 is 10.5. The van der Waals surface area contributed by atoms with Crippen LogP contribution in [0.3, 0.4) is 0 Å². The number of hydrogen-bond donors (Lipinski definition) is 0. The second-order valence-corrected chi connectivity index (χ2v) is 4.38. The Morgan fingerprint density at radius 1 is 1.10 bits per heavy atom. The molecule has 5 heteroatoms. The molecule has 102 valence electrons. The molecule has 1 heterocycles. The first kappa shape index (κ1) is 12.3. The summed E-state index contributed by atoms with van der Waals surface area (Å²) in [7, 11) is 0. The van der Waals surface area contributed by atoms with Gasteiger partial charge in [0, 0.05) is 12.2 Å². The third kappa shape index (κ3) is 2.38. The van der Waals surface area contributed by atoms with Crippen LogP contribution < -0.4 is 19.5 Å². The Hall–Kier alpha value is -2.69. The molecule has 0 saturated carbocycles. The Labute approximate surface area is 116 Å². The summed E-state index contributed by atoms with van der Waals surface area (Å²) in [6.45, 7) is 0.394. The van der Waals surface area contributed by atoms with Crippen LogP contribution >= 0.6 is 0 Å². The van der Waals surface area contributed by atoms with Crippen molar-refractivity contribution in [3.63, 3.8) is 0 Å². The fraction of sp³-hybridized carbons (Fsp3) is 0.133. The summed E-state index contributed by atoms with van der Waals surface area (Å²) in [6, 6.07) is 14.2. The monoisotopic (exact) mass is 270 g/mol. The van der Waals surface area contributed by atoms with Gasteiger partial charge in [-0.25, -0.2) is 0 Å². The number of nitrogens with zero attached hydrogens (tertiary/aromatic N) is 1. The molecule has 0 saturated heterocycles. The molecule has 20 heavy (non-hydrogen) atoms. The molecule has 1 aliphatic rings. The summed E-state index contributed by atoms with van der Waals surface area (Å²) in [4.78, 5) is 12.5. The average molecular weight is 270 g/mol. The molecular formula is C15H12NO4-. The van der Waals surface area contributed by atoms with Gasteiger partial charge in [-0.05, 0) is 29.8 Å². The lowest BCUT2D eigenvalue weighted by Crippen LogP contribution is -2.40. The number of carbonyl (C=O) groups is 1. The summed E-state index contributed by atoms with van der Waals surface area (Å²) in [5.74, 6) is 1.31. The van der Waals surface area contributed by atoms with Crippen LogP contribution in [-0.2, 0) is 6.54 Å². The van der Waals surface area contributed by atoms with E-state index in [1.54, 1.807) is 36.4 Å². The number of fused-ring (bicyclic) bond motifs is 1. The molecule has 1 aliphatic heterocycles. The normalized spacial score (nSPS) is 12.2. The smallest absolute Gasteiger partial charge is 0.231 e. The van der Waals surface area contributed by atoms with Crippen LogP contribution in [0.2, 0.25) is 0 Å². The minimum Gasteiger partial charge on any atom is -0.530 e. The van der Waals surface area contributed by atoms with Crippen molar-refractivity contribution in [1.82, 2.24) is 0 Å². The third-order valence-corrected chi connectivity index (χ3v) is 3.07. The molecule has 0 atom stereocenters. The summed E-state index contributed by atoms with van der Waals surface area (Å²) >= 11 is 0. The van der Waals surface area contributed by atoms with Crippen LogP contribution in [0.4, 0.5) is 10.5 Å². The van der Waals surface area contributed by atoms with Gasteiger partial charge in [-0.2, -0.15) is 0 Å². The zero-order valence-corrected chi connectivity index (χ0v) is 10.6. The number of carbonyl (C=O) groups excluding carboxylic acids is 1. The van der Waals surface area contributed by atoms with E-state index in [1.165, 1.54) is 4.90 Å². The predicted molar refractivity (Wildman–Crippen MR) is 70.6 cm³/mol. The highest BCUT2D eigenvalue weighted by molar-refractivity contribution is 5.84. The maximum atomic E-state index is 11.3. The van der Waals surface area contributed by atoms with Crippen molar-refractivity contribution < 1.29 is 19.4 Å². The third-order valence-electron chi connectivity index (χ3n) is 3.07. The fourth-order valence-corrected chi connectivity index (χ4v) is 2.09. The zero-order chi connectivity index (χ0) is 13.9. The van der Waals surface area contributed by atoms with Crippen LogP contribution in [-0.4, -0.2) is 12.9 Å². The van der Waals surface area contributed by atoms with Crippen molar-refractivity contribution in [2.24, 2.45) is 0 Å². The topological polar surface area (TPSA) is 61.8 Å². The van der Waals surface area contributed by atoms with Crippen molar-refractivity contribution in [1.29, 1.82) is 0 Å². The fourth-order valence-electron chi connectivity index (χ4n) is 2.09. The largest absolute Gasteiger partial charge is 0.530 e. The van der Waals surface area contributed by atoms with Crippen molar-refractivity contribution in [3.05, 3.63) is 54.1 Å². The van der Waals surface area contributed by atoms with Gasteiger partial charge in [0.15, 0.2) is 11.5 Å². The maximum absolute atomic E-state index is 11.3. The predicted octanol–water partition coefficient (Wildman–Crippen LogP) is 1.77. The molecule has 0 spiro atoms. The summed E-state index contributed by atoms with van der Waals surface area (Å²) in [5.41, 5.74) is 1.38. The van der Waals surface area contributed by atoms with Crippen molar-refractivity contribution >= 4 is 11.8 Å². The quantitative estimate of drug-likeness (QED) is 0.852. The molecule has 0 bridgehead atoms. The molecule has 0 aliphatic carbocycles. The molecule has 3 rings (SSSR count). The lowest BCUT2D eigenvalue weighted by molar-refractivity contribution is -0.246. The highest BCUT2D eigenvalue weighted by Gasteiger charge is 2.15. The van der Waals surface area contributed by atoms with E-state index >= 15 is 0 Å². The van der Waals surface area contributed by atoms with Crippen LogP contribution in [0, 0.1) is 0 Å². The number of para-hydroxylation sites is 1. The van der Waals surface area contributed by atoms with Gasteiger partial charge >= 0.3 is 0 Å². The second-order valence-electron chi connectivity index (χ2n) is 4.38. The van der Waals surface area contributed by atoms with Crippen molar-refractivity contribution in [3.8, 4) is 11.5 Å². The Morgan fingerprint density at radius 2 is 1.85 bits per heavy atom. The van der Waals surface area contributed by atoms with Gasteiger partial charge in [0.1, 0.15) is 6.09 Å². The average Bonchev–Trinajstić information content (AvgIpc) is 2.93. The maximum Gasteiger partial charge on any atom is 0.231 e. The van der Waals surface area contributed by atoms with E-state index < -0.39 is 6.09 Å². The van der Waals surface area contributed by atoms with Crippen molar-refractivity contribution in [2.45, 2.75) is 6.54 Å². The van der Waals surface area contributed by atoms with Crippen LogP contribution in [0.1, 0.15) is 5.56 Å². The molecule has 0 fully saturated rings. The molecule has 2 aromatic carbocycles. The molecule has 0 aromatic heterocycles. The van der Waals surface area contributed by atoms with Gasteiger partial charge in [-0.15, -0.1) is 0 Å². The van der Waals surface area contributed by atoms with E-state index in [2.05, 4.69) is 0 Å². The highest BCUT2D eigenvalue weighted by atomic mass is 16.7. The number of rotatable bonds is 3. The molecule has 1 amide bonds. The lowest BCUT2D eigenvalue weighted by atomic mass is 10.2. The highest BCUT2D eigenvalue weighted by Crippen LogP contribution is 2.33. The first-order valence-electron chi connectivity index (χ1n) is 6.16. The first-order chi connectivity index (χ1) is 9.74. The van der Waals surface area contributed by atoms with Crippen LogP contribution in [0.25, 0.3) is 0 Å². The summed E-state index contributed by atoms with van der Waals surface area (Å²) in [5, 5.41) is 11.3. The SMILES string of the molecule is O=C([O-])N(Cc1ccc2c(c1)OCO2)c1ccccc1. The Bertz CT molecular complexity index is 627. The standard InChI is InChI=1S/C15H13NO4/c17-15(18)16(12-4-2-1-3-5-12)9-11-6-7-13-14(8-11)20-10-19-13/h1-8H,9-10H2,(H,17,18)/p-1. The van der Waals surface area contributed by atoms with E-state index in [4.69, 9.17) is 9.47 Å². The van der Waals surface area contributed by atoms with E-state index in [0.717, 1.165) is 5.56 Å². The summed E-state index contributed by atoms with van der Waals surface area (Å²) in [6.07, 6.45) is -1.24.